The van der Waals surface area contributed by atoms with E-state index in [1.54, 1.807) is 6.92 Å². The average Bonchev–Trinajstić information content (AvgIpc) is 2.06. The van der Waals surface area contributed by atoms with Crippen LogP contribution in [0.15, 0.2) is 0 Å². The lowest BCUT2D eigenvalue weighted by molar-refractivity contribution is -0.239. The normalized spacial score (nSPS) is 45.2. The number of hydrogen-bond acceptors (Lipinski definition) is 4. The number of aliphatic hydroxyl groups excluding tert-OH is 3. The summed E-state index contributed by atoms with van der Waals surface area (Å²) in [4.78, 5) is 0. The van der Waals surface area contributed by atoms with Crippen molar-refractivity contribution in [3.63, 3.8) is 0 Å². The highest BCUT2D eigenvalue weighted by Crippen LogP contribution is 2.32. The molecule has 0 aromatic heterocycles. The van der Waals surface area contributed by atoms with Crippen molar-refractivity contribution in [2.75, 3.05) is 0 Å². The van der Waals surface area contributed by atoms with E-state index in [1.807, 2.05) is 20.8 Å². The molecule has 0 aliphatic carbocycles. The van der Waals surface area contributed by atoms with Gasteiger partial charge in [0.1, 0.15) is 18.3 Å². The Labute approximate surface area is 84.5 Å². The third kappa shape index (κ3) is 2.08. The minimum Gasteiger partial charge on any atom is -0.388 e. The van der Waals surface area contributed by atoms with E-state index >= 15 is 0 Å². The monoisotopic (exact) mass is 204 g/mol. The van der Waals surface area contributed by atoms with Crippen LogP contribution in [-0.4, -0.2) is 45.8 Å². The molecule has 4 heteroatoms. The summed E-state index contributed by atoms with van der Waals surface area (Å²) in [6.45, 7) is 7.48. The van der Waals surface area contributed by atoms with Gasteiger partial charge >= 0.3 is 0 Å². The zero-order valence-electron chi connectivity index (χ0n) is 9.14. The van der Waals surface area contributed by atoms with Crippen molar-refractivity contribution >= 4 is 0 Å². The molecule has 3 unspecified atom stereocenters. The van der Waals surface area contributed by atoms with E-state index in [0.29, 0.717) is 0 Å². The topological polar surface area (TPSA) is 69.9 Å². The van der Waals surface area contributed by atoms with Gasteiger partial charge in [0.15, 0.2) is 0 Å². The number of aliphatic hydroxyl groups is 3. The summed E-state index contributed by atoms with van der Waals surface area (Å²) in [6, 6.07) is 0. The van der Waals surface area contributed by atoms with Gasteiger partial charge in [-0.05, 0) is 12.3 Å². The van der Waals surface area contributed by atoms with Gasteiger partial charge in [0.2, 0.25) is 0 Å². The Morgan fingerprint density at radius 1 is 0.929 bits per heavy atom. The van der Waals surface area contributed by atoms with Gasteiger partial charge in [-0.3, -0.25) is 0 Å². The van der Waals surface area contributed by atoms with E-state index in [9.17, 15) is 15.3 Å². The Hall–Kier alpha value is -0.160. The van der Waals surface area contributed by atoms with Crippen LogP contribution in [-0.2, 0) is 4.74 Å². The molecule has 0 aromatic carbocycles. The first-order valence-electron chi connectivity index (χ1n) is 4.95. The fourth-order valence-electron chi connectivity index (χ4n) is 1.77. The van der Waals surface area contributed by atoms with Gasteiger partial charge in [-0.15, -0.1) is 0 Å². The Kier molecular flexibility index (Phi) is 3.21. The van der Waals surface area contributed by atoms with E-state index in [4.69, 9.17) is 4.74 Å². The highest BCUT2D eigenvalue weighted by Gasteiger charge is 2.46. The molecule has 5 atom stereocenters. The minimum absolute atomic E-state index is 0.255. The van der Waals surface area contributed by atoms with Crippen molar-refractivity contribution in [2.45, 2.75) is 58.2 Å². The highest BCUT2D eigenvalue weighted by molar-refractivity contribution is 4.95. The second-order valence-electron chi connectivity index (χ2n) is 5.10. The van der Waals surface area contributed by atoms with Crippen LogP contribution in [0, 0.1) is 5.41 Å². The predicted octanol–water partition coefficient (Wildman–Crippen LogP) is -0.0975. The maximum absolute atomic E-state index is 9.73. The number of ether oxygens (including phenoxy) is 1. The van der Waals surface area contributed by atoms with Crippen LogP contribution >= 0.6 is 0 Å². The summed E-state index contributed by atoms with van der Waals surface area (Å²) < 4.78 is 5.49. The zero-order valence-corrected chi connectivity index (χ0v) is 9.14. The van der Waals surface area contributed by atoms with Gasteiger partial charge in [0.05, 0.1) is 12.2 Å². The summed E-state index contributed by atoms with van der Waals surface area (Å²) in [5.41, 5.74) is -0.255. The van der Waals surface area contributed by atoms with Crippen LogP contribution in [0.5, 0.6) is 0 Å². The van der Waals surface area contributed by atoms with Crippen LogP contribution in [0.3, 0.4) is 0 Å². The molecular formula is C10H20O4. The largest absolute Gasteiger partial charge is 0.388 e. The lowest BCUT2D eigenvalue weighted by atomic mass is 9.80. The van der Waals surface area contributed by atoms with Gasteiger partial charge in [0.25, 0.3) is 0 Å². The summed E-state index contributed by atoms with van der Waals surface area (Å²) in [7, 11) is 0. The first-order chi connectivity index (χ1) is 6.25. The van der Waals surface area contributed by atoms with Crippen LogP contribution in [0.1, 0.15) is 27.7 Å². The SMILES string of the molecule is CC1OC(C(C)(C)C)C(O)[C@@H](O)[C@H]1O. The molecule has 1 aliphatic heterocycles. The highest BCUT2D eigenvalue weighted by atomic mass is 16.5. The Morgan fingerprint density at radius 3 is 1.86 bits per heavy atom. The molecule has 1 fully saturated rings. The Morgan fingerprint density at radius 2 is 1.43 bits per heavy atom. The first kappa shape index (κ1) is 11.9. The van der Waals surface area contributed by atoms with Crippen molar-refractivity contribution in [3.8, 4) is 0 Å². The predicted molar refractivity (Wildman–Crippen MR) is 51.8 cm³/mol. The molecule has 4 nitrogen and oxygen atoms in total. The van der Waals surface area contributed by atoms with Crippen LogP contribution < -0.4 is 0 Å². The fourth-order valence-corrected chi connectivity index (χ4v) is 1.77. The lowest BCUT2D eigenvalue weighted by Crippen LogP contribution is -2.59. The summed E-state index contributed by atoms with van der Waals surface area (Å²) in [5.74, 6) is 0. The third-order valence-electron chi connectivity index (χ3n) is 2.71. The molecular weight excluding hydrogens is 184 g/mol. The number of rotatable bonds is 0. The molecule has 3 N–H and O–H groups in total. The van der Waals surface area contributed by atoms with E-state index in [2.05, 4.69) is 0 Å². The standard InChI is InChI=1S/C10H20O4/c1-5-6(11)7(12)8(13)9(14-5)10(2,3)4/h5-9,11-13H,1-4H3/t5?,6-,7-,8?,9?/m0/s1. The Bertz CT molecular complexity index is 199. The summed E-state index contributed by atoms with van der Waals surface area (Å²) >= 11 is 0. The van der Waals surface area contributed by atoms with Gasteiger partial charge in [0, 0.05) is 0 Å². The smallest absolute Gasteiger partial charge is 0.111 e. The molecule has 1 aliphatic rings. The van der Waals surface area contributed by atoms with Crippen LogP contribution in [0.2, 0.25) is 0 Å². The van der Waals surface area contributed by atoms with E-state index in [0.717, 1.165) is 0 Å². The molecule has 0 amide bonds. The van der Waals surface area contributed by atoms with Gasteiger partial charge < -0.3 is 20.1 Å². The Balaban J connectivity index is 2.81. The first-order valence-corrected chi connectivity index (χ1v) is 4.95. The van der Waals surface area contributed by atoms with E-state index in [-0.39, 0.29) is 5.41 Å². The molecule has 1 rings (SSSR count). The maximum atomic E-state index is 9.73. The van der Waals surface area contributed by atoms with Gasteiger partial charge in [-0.2, -0.15) is 0 Å². The third-order valence-corrected chi connectivity index (χ3v) is 2.71. The zero-order chi connectivity index (χ0) is 11.1. The quantitative estimate of drug-likeness (QED) is 0.515. The number of hydrogen-bond donors (Lipinski definition) is 3. The average molecular weight is 204 g/mol. The summed E-state index contributed by atoms with van der Waals surface area (Å²) in [6.07, 6.45) is -4.05. The van der Waals surface area contributed by atoms with E-state index in [1.165, 1.54) is 0 Å². The molecule has 0 spiro atoms. The van der Waals surface area contributed by atoms with Crippen molar-refractivity contribution in [1.82, 2.24) is 0 Å². The second kappa shape index (κ2) is 3.77. The molecule has 1 heterocycles. The van der Waals surface area contributed by atoms with E-state index < -0.39 is 30.5 Å². The molecule has 0 aromatic rings. The molecule has 14 heavy (non-hydrogen) atoms. The van der Waals surface area contributed by atoms with Crippen LogP contribution in [0.4, 0.5) is 0 Å². The van der Waals surface area contributed by atoms with Crippen molar-refractivity contribution in [1.29, 1.82) is 0 Å². The maximum Gasteiger partial charge on any atom is 0.111 e. The van der Waals surface area contributed by atoms with Gasteiger partial charge in [-0.25, -0.2) is 0 Å². The van der Waals surface area contributed by atoms with Gasteiger partial charge in [-0.1, -0.05) is 20.8 Å². The van der Waals surface area contributed by atoms with Crippen molar-refractivity contribution in [3.05, 3.63) is 0 Å². The molecule has 1 saturated heterocycles. The fraction of sp³-hybridized carbons (Fsp3) is 1.00. The van der Waals surface area contributed by atoms with Crippen molar-refractivity contribution < 1.29 is 20.1 Å². The minimum atomic E-state index is -1.12. The molecule has 0 bridgehead atoms. The van der Waals surface area contributed by atoms with Crippen molar-refractivity contribution in [2.24, 2.45) is 5.41 Å². The van der Waals surface area contributed by atoms with Crippen LogP contribution in [0.25, 0.3) is 0 Å². The second-order valence-corrected chi connectivity index (χ2v) is 5.10. The molecule has 0 saturated carbocycles. The molecule has 84 valence electrons. The molecule has 0 radical (unpaired) electrons. The summed E-state index contributed by atoms with van der Waals surface area (Å²) in [5, 5.41) is 28.8. The lowest BCUT2D eigenvalue weighted by Gasteiger charge is -2.44.